The van der Waals surface area contributed by atoms with E-state index in [9.17, 15) is 4.79 Å². The molecule has 6 nitrogen and oxygen atoms in total. The summed E-state index contributed by atoms with van der Waals surface area (Å²) >= 11 is 0. The normalized spacial score (nSPS) is 18.2. The number of rotatable bonds is 8. The van der Waals surface area contributed by atoms with Gasteiger partial charge in [-0.15, -0.1) is 0 Å². The van der Waals surface area contributed by atoms with Crippen LogP contribution in [0.15, 0.2) is 30.0 Å². The Balaban J connectivity index is 1.40. The van der Waals surface area contributed by atoms with Crippen molar-refractivity contribution in [3.05, 3.63) is 35.5 Å². The monoisotopic (exact) mass is 358 g/mol. The van der Waals surface area contributed by atoms with Gasteiger partial charge < -0.3 is 15.4 Å². The maximum absolute atomic E-state index is 12.4. The van der Waals surface area contributed by atoms with Gasteiger partial charge in [-0.25, -0.2) is 4.98 Å². The lowest BCUT2D eigenvalue weighted by Crippen LogP contribution is -2.39. The highest BCUT2D eigenvalue weighted by Gasteiger charge is 2.11. The Labute approximate surface area is 156 Å². The Morgan fingerprint density at radius 2 is 2.12 bits per heavy atom. The van der Waals surface area contributed by atoms with E-state index in [4.69, 9.17) is 4.74 Å². The fraction of sp³-hybridized carbons (Fsp3) is 0.600. The molecular weight excluding hydrogens is 328 g/mol. The van der Waals surface area contributed by atoms with Gasteiger partial charge in [-0.1, -0.05) is 11.6 Å². The third kappa shape index (κ3) is 6.11. The highest BCUT2D eigenvalue weighted by Crippen LogP contribution is 2.19. The van der Waals surface area contributed by atoms with Gasteiger partial charge >= 0.3 is 0 Å². The summed E-state index contributed by atoms with van der Waals surface area (Å²) in [6.07, 6.45) is 9.93. The van der Waals surface area contributed by atoms with Crippen LogP contribution < -0.4 is 10.6 Å². The van der Waals surface area contributed by atoms with Gasteiger partial charge in [0.1, 0.15) is 5.82 Å². The van der Waals surface area contributed by atoms with Crippen LogP contribution in [0, 0.1) is 0 Å². The molecule has 1 aromatic rings. The molecule has 2 N–H and O–H groups in total. The van der Waals surface area contributed by atoms with Crippen LogP contribution in [-0.2, 0) is 4.74 Å². The average Bonchev–Trinajstić information content (AvgIpc) is 2.70. The quantitative estimate of drug-likeness (QED) is 0.699. The third-order valence-electron chi connectivity index (χ3n) is 4.98. The van der Waals surface area contributed by atoms with Crippen LogP contribution in [0.2, 0.25) is 0 Å². The molecule has 0 spiro atoms. The molecule has 0 radical (unpaired) electrons. The minimum absolute atomic E-state index is 0.0277. The molecule has 6 heteroatoms. The first-order chi connectivity index (χ1) is 12.8. The third-order valence-corrected chi connectivity index (χ3v) is 4.98. The van der Waals surface area contributed by atoms with Crippen LogP contribution in [0.4, 0.5) is 5.82 Å². The second-order valence-corrected chi connectivity index (χ2v) is 6.92. The Morgan fingerprint density at radius 1 is 1.23 bits per heavy atom. The molecule has 142 valence electrons. The van der Waals surface area contributed by atoms with Gasteiger partial charge in [0.25, 0.3) is 5.91 Å². The molecule has 1 aliphatic carbocycles. The largest absolute Gasteiger partial charge is 0.379 e. The van der Waals surface area contributed by atoms with Crippen molar-refractivity contribution in [1.29, 1.82) is 0 Å². The molecule has 0 aromatic carbocycles. The van der Waals surface area contributed by atoms with Crippen molar-refractivity contribution in [1.82, 2.24) is 15.2 Å². The van der Waals surface area contributed by atoms with Gasteiger partial charge in [-0.2, -0.15) is 0 Å². The molecule has 0 unspecified atom stereocenters. The van der Waals surface area contributed by atoms with E-state index < -0.39 is 0 Å². The summed E-state index contributed by atoms with van der Waals surface area (Å²) in [6, 6.07) is 3.59. The molecule has 2 heterocycles. The van der Waals surface area contributed by atoms with E-state index in [1.165, 1.54) is 31.3 Å². The fourth-order valence-corrected chi connectivity index (χ4v) is 3.41. The van der Waals surface area contributed by atoms with Crippen LogP contribution in [0.3, 0.4) is 0 Å². The highest BCUT2D eigenvalue weighted by atomic mass is 16.5. The van der Waals surface area contributed by atoms with E-state index >= 15 is 0 Å². The molecule has 0 atom stereocenters. The van der Waals surface area contributed by atoms with E-state index in [0.29, 0.717) is 12.1 Å². The number of carbonyl (C=O) groups is 1. The molecule has 0 saturated carbocycles. The van der Waals surface area contributed by atoms with E-state index in [0.717, 1.165) is 51.6 Å². The molecule has 1 aromatic heterocycles. The zero-order valence-electron chi connectivity index (χ0n) is 15.5. The van der Waals surface area contributed by atoms with Crippen molar-refractivity contribution >= 4 is 11.7 Å². The van der Waals surface area contributed by atoms with E-state index in [-0.39, 0.29) is 5.91 Å². The number of hydrogen-bond donors (Lipinski definition) is 2. The SMILES string of the molecule is O=C(NCCC1=CCCCC1)c1ccnc(NCCN2CCOCC2)c1. The average molecular weight is 358 g/mol. The number of pyridine rings is 1. The number of anilines is 1. The zero-order valence-corrected chi connectivity index (χ0v) is 15.5. The van der Waals surface area contributed by atoms with Gasteiger partial charge in [0.05, 0.1) is 13.2 Å². The lowest BCUT2D eigenvalue weighted by atomic mass is 9.97. The van der Waals surface area contributed by atoms with Crippen molar-refractivity contribution in [2.75, 3.05) is 51.3 Å². The summed E-state index contributed by atoms with van der Waals surface area (Å²) in [7, 11) is 0. The summed E-state index contributed by atoms with van der Waals surface area (Å²) < 4.78 is 5.35. The van der Waals surface area contributed by atoms with E-state index in [1.54, 1.807) is 12.3 Å². The topological polar surface area (TPSA) is 66.5 Å². The lowest BCUT2D eigenvalue weighted by molar-refractivity contribution is 0.0398. The maximum Gasteiger partial charge on any atom is 0.251 e. The summed E-state index contributed by atoms with van der Waals surface area (Å²) in [6.45, 7) is 6.05. The number of allylic oxidation sites excluding steroid dienone is 1. The second kappa shape index (κ2) is 10.3. The number of nitrogens with zero attached hydrogens (tertiary/aromatic N) is 2. The summed E-state index contributed by atoms with van der Waals surface area (Å²) in [5.74, 6) is 0.723. The Morgan fingerprint density at radius 3 is 2.92 bits per heavy atom. The van der Waals surface area contributed by atoms with Crippen LogP contribution in [0.5, 0.6) is 0 Å². The van der Waals surface area contributed by atoms with Crippen LogP contribution in [0.1, 0.15) is 42.5 Å². The summed E-state index contributed by atoms with van der Waals surface area (Å²) in [5.41, 5.74) is 2.14. The van der Waals surface area contributed by atoms with Crippen molar-refractivity contribution in [3.63, 3.8) is 0 Å². The van der Waals surface area contributed by atoms with Gasteiger partial charge in [0, 0.05) is 44.5 Å². The first-order valence-corrected chi connectivity index (χ1v) is 9.77. The molecular formula is C20H30N4O2. The van der Waals surface area contributed by atoms with Gasteiger partial charge in [0.2, 0.25) is 0 Å². The predicted octanol–water partition coefficient (Wildman–Crippen LogP) is 2.45. The Kier molecular flexibility index (Phi) is 7.46. The lowest BCUT2D eigenvalue weighted by Gasteiger charge is -2.26. The number of aromatic nitrogens is 1. The summed E-state index contributed by atoms with van der Waals surface area (Å²) in [5, 5.41) is 6.34. The molecule has 1 saturated heterocycles. The van der Waals surface area contributed by atoms with Gasteiger partial charge in [-0.3, -0.25) is 9.69 Å². The molecule has 3 rings (SSSR count). The minimum Gasteiger partial charge on any atom is -0.379 e. The standard InChI is InChI=1S/C20H30N4O2/c25-20(23-8-6-17-4-2-1-3-5-17)18-7-9-21-19(16-18)22-10-11-24-12-14-26-15-13-24/h4,7,9,16H,1-3,5-6,8,10-15H2,(H,21,22)(H,23,25). The van der Waals surface area contributed by atoms with Crippen molar-refractivity contribution in [3.8, 4) is 0 Å². The fourth-order valence-electron chi connectivity index (χ4n) is 3.41. The smallest absolute Gasteiger partial charge is 0.251 e. The molecule has 1 fully saturated rings. The predicted molar refractivity (Wildman–Crippen MR) is 103 cm³/mol. The van der Waals surface area contributed by atoms with Crippen molar-refractivity contribution < 1.29 is 9.53 Å². The van der Waals surface area contributed by atoms with Crippen LogP contribution in [-0.4, -0.2) is 61.7 Å². The molecule has 2 aliphatic rings. The zero-order chi connectivity index (χ0) is 18.0. The minimum atomic E-state index is -0.0277. The van der Waals surface area contributed by atoms with Crippen molar-refractivity contribution in [2.24, 2.45) is 0 Å². The first kappa shape index (κ1) is 18.9. The van der Waals surface area contributed by atoms with Crippen LogP contribution in [0.25, 0.3) is 0 Å². The Hall–Kier alpha value is -1.92. The Bertz CT molecular complexity index is 612. The van der Waals surface area contributed by atoms with Gasteiger partial charge in [0.15, 0.2) is 0 Å². The number of morpholine rings is 1. The number of amides is 1. The maximum atomic E-state index is 12.4. The van der Waals surface area contributed by atoms with E-state index in [2.05, 4.69) is 26.6 Å². The highest BCUT2D eigenvalue weighted by molar-refractivity contribution is 5.94. The number of nitrogens with one attached hydrogen (secondary N) is 2. The molecule has 1 aliphatic heterocycles. The molecule has 1 amide bonds. The summed E-state index contributed by atoms with van der Waals surface area (Å²) in [4.78, 5) is 19.0. The first-order valence-electron chi connectivity index (χ1n) is 9.77. The second-order valence-electron chi connectivity index (χ2n) is 6.92. The number of carbonyl (C=O) groups excluding carboxylic acids is 1. The number of hydrogen-bond acceptors (Lipinski definition) is 5. The molecule has 26 heavy (non-hydrogen) atoms. The molecule has 0 bridgehead atoms. The van der Waals surface area contributed by atoms with Crippen molar-refractivity contribution in [2.45, 2.75) is 32.1 Å². The number of ether oxygens (including phenoxy) is 1. The van der Waals surface area contributed by atoms with E-state index in [1.807, 2.05) is 6.07 Å². The van der Waals surface area contributed by atoms with Gasteiger partial charge in [-0.05, 0) is 44.2 Å². The van der Waals surface area contributed by atoms with Crippen LogP contribution >= 0.6 is 0 Å².